The van der Waals surface area contributed by atoms with Gasteiger partial charge in [0.2, 0.25) is 21.8 Å². The van der Waals surface area contributed by atoms with E-state index < -0.39 is 28.5 Å². The highest BCUT2D eigenvalue weighted by Crippen LogP contribution is 2.30. The average Bonchev–Trinajstić information content (AvgIpc) is 2.89. The highest BCUT2D eigenvalue weighted by Gasteiger charge is 2.33. The molecule has 0 bridgehead atoms. The minimum absolute atomic E-state index is 0.0546. The van der Waals surface area contributed by atoms with Crippen LogP contribution in [0.4, 0.5) is 5.69 Å². The van der Waals surface area contributed by atoms with Crippen molar-refractivity contribution in [1.82, 2.24) is 10.2 Å². The minimum atomic E-state index is -3.94. The number of halogens is 3. The fourth-order valence-electron chi connectivity index (χ4n) is 3.98. The van der Waals surface area contributed by atoms with Crippen molar-refractivity contribution >= 4 is 62.3 Å². The predicted octanol–water partition coefficient (Wildman–Crippen LogP) is 5.58. The number of anilines is 1. The molecule has 0 aliphatic rings. The molecule has 0 aromatic heterocycles. The Balaban J connectivity index is 2.05. The van der Waals surface area contributed by atoms with Crippen molar-refractivity contribution < 1.29 is 18.0 Å². The second-order valence-electron chi connectivity index (χ2n) is 9.01. The molecular formula is C28H30Cl3N3O4S. The Kier molecular flexibility index (Phi) is 11.1. The van der Waals surface area contributed by atoms with Gasteiger partial charge in [0.1, 0.15) is 12.6 Å². The maximum atomic E-state index is 14.0. The molecule has 3 rings (SSSR count). The van der Waals surface area contributed by atoms with E-state index in [2.05, 4.69) is 5.32 Å². The molecule has 0 heterocycles. The number of hydrogen-bond donors (Lipinski definition) is 1. The first-order valence-electron chi connectivity index (χ1n) is 12.3. The zero-order valence-corrected chi connectivity index (χ0v) is 24.7. The number of sulfonamides is 1. The molecule has 208 valence electrons. The maximum Gasteiger partial charge on any atom is 0.244 e. The van der Waals surface area contributed by atoms with Crippen LogP contribution in [0.5, 0.6) is 0 Å². The molecule has 0 saturated heterocycles. The third kappa shape index (κ3) is 8.86. The Morgan fingerprint density at radius 1 is 0.897 bits per heavy atom. The summed E-state index contributed by atoms with van der Waals surface area (Å²) in [5, 5.41) is 3.82. The van der Waals surface area contributed by atoms with Crippen molar-refractivity contribution in [1.29, 1.82) is 0 Å². The SMILES string of the molecule is CCCNC(=O)C(Cc1ccccc1)N(Cc1ccc(Cl)cc1)C(=O)CN(c1ccc(Cl)cc1Cl)S(C)(=O)=O. The summed E-state index contributed by atoms with van der Waals surface area (Å²) in [6.07, 6.45) is 1.94. The lowest BCUT2D eigenvalue weighted by atomic mass is 10.0. The van der Waals surface area contributed by atoms with Gasteiger partial charge in [0.05, 0.1) is 17.0 Å². The van der Waals surface area contributed by atoms with Crippen LogP contribution in [0.15, 0.2) is 72.8 Å². The van der Waals surface area contributed by atoms with Crippen molar-refractivity contribution in [3.8, 4) is 0 Å². The lowest BCUT2D eigenvalue weighted by Crippen LogP contribution is -2.53. The molecule has 0 radical (unpaired) electrons. The predicted molar refractivity (Wildman–Crippen MR) is 158 cm³/mol. The molecule has 11 heteroatoms. The number of carbonyl (C=O) groups excluding carboxylic acids is 2. The smallest absolute Gasteiger partial charge is 0.244 e. The highest BCUT2D eigenvalue weighted by molar-refractivity contribution is 7.92. The van der Waals surface area contributed by atoms with Crippen LogP contribution in [-0.4, -0.2) is 50.5 Å². The van der Waals surface area contributed by atoms with E-state index in [9.17, 15) is 18.0 Å². The van der Waals surface area contributed by atoms with E-state index in [0.717, 1.165) is 21.7 Å². The lowest BCUT2D eigenvalue weighted by molar-refractivity contribution is -0.140. The van der Waals surface area contributed by atoms with Crippen LogP contribution in [0.25, 0.3) is 0 Å². The van der Waals surface area contributed by atoms with E-state index in [1.807, 2.05) is 37.3 Å². The van der Waals surface area contributed by atoms with Gasteiger partial charge in [0, 0.05) is 29.6 Å². The van der Waals surface area contributed by atoms with Crippen LogP contribution in [-0.2, 0) is 32.6 Å². The van der Waals surface area contributed by atoms with E-state index >= 15 is 0 Å². The van der Waals surface area contributed by atoms with Gasteiger partial charge in [-0.1, -0.05) is 84.2 Å². The standard InChI is InChI=1S/C28H30Cl3N3O4S/c1-3-15-32-28(36)26(16-20-7-5-4-6-8-20)33(18-21-9-11-22(29)12-10-21)27(35)19-34(39(2,37)38)25-14-13-23(30)17-24(25)31/h4-14,17,26H,3,15-16,18-19H2,1-2H3,(H,32,36). The summed E-state index contributed by atoms with van der Waals surface area (Å²) < 4.78 is 26.6. The molecule has 1 N–H and O–H groups in total. The minimum Gasteiger partial charge on any atom is -0.354 e. The molecule has 0 aliphatic heterocycles. The molecule has 0 saturated carbocycles. The molecule has 7 nitrogen and oxygen atoms in total. The molecule has 0 aliphatic carbocycles. The van der Waals surface area contributed by atoms with E-state index in [4.69, 9.17) is 34.8 Å². The number of rotatable bonds is 12. The van der Waals surface area contributed by atoms with Gasteiger partial charge in [-0.2, -0.15) is 0 Å². The molecule has 3 aromatic rings. The summed E-state index contributed by atoms with van der Waals surface area (Å²) in [6, 6.07) is 19.7. The summed E-state index contributed by atoms with van der Waals surface area (Å²) in [6.45, 7) is 1.85. The first-order chi connectivity index (χ1) is 18.5. The van der Waals surface area contributed by atoms with Crippen molar-refractivity contribution in [2.45, 2.75) is 32.4 Å². The van der Waals surface area contributed by atoms with Gasteiger partial charge >= 0.3 is 0 Å². The molecule has 1 atom stereocenters. The lowest BCUT2D eigenvalue weighted by Gasteiger charge is -2.33. The van der Waals surface area contributed by atoms with Crippen LogP contribution >= 0.6 is 34.8 Å². The number of amides is 2. The van der Waals surface area contributed by atoms with Gasteiger partial charge in [0.25, 0.3) is 0 Å². The summed E-state index contributed by atoms with van der Waals surface area (Å²) in [5.41, 5.74) is 1.69. The molecule has 0 fully saturated rings. The molecule has 39 heavy (non-hydrogen) atoms. The molecule has 2 amide bonds. The summed E-state index contributed by atoms with van der Waals surface area (Å²) >= 11 is 18.4. The Labute approximate surface area is 244 Å². The number of hydrogen-bond acceptors (Lipinski definition) is 4. The van der Waals surface area contributed by atoms with Crippen LogP contribution in [0.1, 0.15) is 24.5 Å². The van der Waals surface area contributed by atoms with Crippen molar-refractivity contribution in [3.63, 3.8) is 0 Å². The van der Waals surface area contributed by atoms with Gasteiger partial charge < -0.3 is 10.2 Å². The fourth-order valence-corrected chi connectivity index (χ4v) is 5.53. The highest BCUT2D eigenvalue weighted by atomic mass is 35.5. The van der Waals surface area contributed by atoms with Gasteiger partial charge in [-0.05, 0) is 47.9 Å². The maximum absolute atomic E-state index is 14.0. The first kappa shape index (κ1) is 30.8. The average molecular weight is 611 g/mol. The second kappa shape index (κ2) is 14.0. The summed E-state index contributed by atoms with van der Waals surface area (Å²) in [4.78, 5) is 28.8. The zero-order chi connectivity index (χ0) is 28.6. The molecule has 0 spiro atoms. The number of benzene rings is 3. The van der Waals surface area contributed by atoms with E-state index in [-0.39, 0.29) is 29.6 Å². The van der Waals surface area contributed by atoms with E-state index in [1.54, 1.807) is 24.3 Å². The Hall–Kier alpha value is -2.78. The fraction of sp³-hybridized carbons (Fsp3) is 0.286. The number of nitrogens with zero attached hydrogens (tertiary/aromatic N) is 2. The summed E-state index contributed by atoms with van der Waals surface area (Å²) in [7, 11) is -3.94. The van der Waals surface area contributed by atoms with Crippen LogP contribution < -0.4 is 9.62 Å². The third-order valence-electron chi connectivity index (χ3n) is 5.94. The van der Waals surface area contributed by atoms with Crippen LogP contribution in [0.3, 0.4) is 0 Å². The Morgan fingerprint density at radius 3 is 2.13 bits per heavy atom. The van der Waals surface area contributed by atoms with Gasteiger partial charge in [-0.25, -0.2) is 8.42 Å². The van der Waals surface area contributed by atoms with Crippen LogP contribution in [0, 0.1) is 0 Å². The molecule has 1 unspecified atom stereocenters. The number of carbonyl (C=O) groups is 2. The monoisotopic (exact) mass is 609 g/mol. The van der Waals surface area contributed by atoms with Gasteiger partial charge in [0.15, 0.2) is 0 Å². The first-order valence-corrected chi connectivity index (χ1v) is 15.3. The number of nitrogens with one attached hydrogen (secondary N) is 1. The third-order valence-corrected chi connectivity index (χ3v) is 7.86. The topological polar surface area (TPSA) is 86.8 Å². The van der Waals surface area contributed by atoms with E-state index in [0.29, 0.717) is 23.0 Å². The van der Waals surface area contributed by atoms with Crippen molar-refractivity contribution in [2.75, 3.05) is 23.7 Å². The Bertz CT molecular complexity index is 1390. The van der Waals surface area contributed by atoms with Gasteiger partial charge in [-0.15, -0.1) is 0 Å². The van der Waals surface area contributed by atoms with Crippen molar-refractivity contribution in [2.24, 2.45) is 0 Å². The van der Waals surface area contributed by atoms with Crippen molar-refractivity contribution in [3.05, 3.63) is 99.0 Å². The van der Waals surface area contributed by atoms with Gasteiger partial charge in [-0.3, -0.25) is 13.9 Å². The Morgan fingerprint density at radius 2 is 1.54 bits per heavy atom. The zero-order valence-electron chi connectivity index (χ0n) is 21.6. The van der Waals surface area contributed by atoms with Crippen LogP contribution in [0.2, 0.25) is 15.1 Å². The summed E-state index contributed by atoms with van der Waals surface area (Å²) in [5.74, 6) is -0.910. The normalized spacial score (nSPS) is 12.0. The molecular weight excluding hydrogens is 581 g/mol. The molecule has 3 aromatic carbocycles. The second-order valence-corrected chi connectivity index (χ2v) is 12.2. The van der Waals surface area contributed by atoms with E-state index in [1.165, 1.54) is 23.1 Å². The largest absolute Gasteiger partial charge is 0.354 e. The quantitative estimate of drug-likeness (QED) is 0.290.